The van der Waals surface area contributed by atoms with Crippen molar-refractivity contribution in [3.8, 4) is 5.75 Å². The fourth-order valence-electron chi connectivity index (χ4n) is 4.69. The number of amides is 1. The lowest BCUT2D eigenvalue weighted by Crippen LogP contribution is -2.41. The van der Waals surface area contributed by atoms with Crippen LogP contribution < -0.4 is 4.74 Å². The first-order valence-electron chi connectivity index (χ1n) is 12.4. The number of methoxy groups -OCH3 is 1. The van der Waals surface area contributed by atoms with Crippen molar-refractivity contribution in [2.24, 2.45) is 0 Å². The van der Waals surface area contributed by atoms with E-state index in [-0.39, 0.29) is 17.7 Å². The third kappa shape index (κ3) is 6.93. The van der Waals surface area contributed by atoms with Crippen LogP contribution in [0, 0.1) is 0 Å². The van der Waals surface area contributed by atoms with Gasteiger partial charge in [-0.25, -0.2) is 8.42 Å². The molecule has 0 saturated heterocycles. The summed E-state index contributed by atoms with van der Waals surface area (Å²) in [6.45, 7) is 3.04. The summed E-state index contributed by atoms with van der Waals surface area (Å²) in [5.74, 6) is 0.803. The normalized spacial score (nSPS) is 14.9. The molecule has 1 amide bonds. The first kappa shape index (κ1) is 27.6. The number of hydrogen-bond donors (Lipinski definition) is 0. The topological polar surface area (TPSA) is 72.9 Å². The predicted molar refractivity (Wildman–Crippen MR) is 147 cm³/mol. The molecule has 1 aromatic heterocycles. The SMILES string of the molecule is CCCS(=O)(=O)c1ccc2c(c1)CC(N(Cc1cc(Cl)ccc1OCCOC)C(=O)Cc1ccsc1)C2. The number of halogens is 1. The Labute approximate surface area is 228 Å². The minimum Gasteiger partial charge on any atom is -0.491 e. The molecule has 1 heterocycles. The van der Waals surface area contributed by atoms with Crippen molar-refractivity contribution in [3.63, 3.8) is 0 Å². The molecule has 4 rings (SSSR count). The Morgan fingerprint density at radius 3 is 2.65 bits per heavy atom. The number of thiophene rings is 1. The summed E-state index contributed by atoms with van der Waals surface area (Å²) in [5.41, 5.74) is 3.87. The second kappa shape index (κ2) is 12.4. The van der Waals surface area contributed by atoms with E-state index in [2.05, 4.69) is 0 Å². The first-order chi connectivity index (χ1) is 17.8. The number of carbonyl (C=O) groups is 1. The van der Waals surface area contributed by atoms with Crippen LogP contribution in [0.25, 0.3) is 0 Å². The number of nitrogens with zero attached hydrogens (tertiary/aromatic N) is 1. The van der Waals surface area contributed by atoms with Crippen LogP contribution >= 0.6 is 22.9 Å². The van der Waals surface area contributed by atoms with Gasteiger partial charge in [-0.2, -0.15) is 11.3 Å². The van der Waals surface area contributed by atoms with E-state index in [0.717, 1.165) is 22.3 Å². The van der Waals surface area contributed by atoms with Gasteiger partial charge in [0, 0.05) is 30.3 Å². The van der Waals surface area contributed by atoms with Crippen LogP contribution in [0.1, 0.15) is 35.6 Å². The van der Waals surface area contributed by atoms with Gasteiger partial charge in [-0.15, -0.1) is 0 Å². The molecule has 3 aromatic rings. The number of benzene rings is 2. The maximum atomic E-state index is 13.7. The highest BCUT2D eigenvalue weighted by Crippen LogP contribution is 2.32. The highest BCUT2D eigenvalue weighted by Gasteiger charge is 2.32. The Balaban J connectivity index is 1.62. The zero-order valence-corrected chi connectivity index (χ0v) is 23.5. The van der Waals surface area contributed by atoms with E-state index in [4.69, 9.17) is 21.1 Å². The molecule has 0 saturated carbocycles. The van der Waals surface area contributed by atoms with Crippen molar-refractivity contribution in [1.29, 1.82) is 0 Å². The molecular weight excluding hydrogens is 530 g/mol. The number of fused-ring (bicyclic) bond motifs is 1. The van der Waals surface area contributed by atoms with Gasteiger partial charge in [0.1, 0.15) is 12.4 Å². The smallest absolute Gasteiger partial charge is 0.227 e. The van der Waals surface area contributed by atoms with Crippen LogP contribution in [-0.2, 0) is 45.2 Å². The Morgan fingerprint density at radius 2 is 1.92 bits per heavy atom. The van der Waals surface area contributed by atoms with Crippen LogP contribution in [0.15, 0.2) is 58.1 Å². The summed E-state index contributed by atoms with van der Waals surface area (Å²) in [7, 11) is -1.69. The van der Waals surface area contributed by atoms with Crippen LogP contribution in [0.4, 0.5) is 0 Å². The lowest BCUT2D eigenvalue weighted by Gasteiger charge is -2.30. The third-order valence-electron chi connectivity index (χ3n) is 6.53. The highest BCUT2D eigenvalue weighted by molar-refractivity contribution is 7.91. The summed E-state index contributed by atoms with van der Waals surface area (Å²) >= 11 is 7.90. The number of rotatable bonds is 12. The third-order valence-corrected chi connectivity index (χ3v) is 9.41. The number of carbonyl (C=O) groups excluding carboxylic acids is 1. The molecule has 198 valence electrons. The van der Waals surface area contributed by atoms with Crippen molar-refractivity contribution in [2.45, 2.75) is 50.1 Å². The van der Waals surface area contributed by atoms with Crippen molar-refractivity contribution >= 4 is 38.7 Å². The van der Waals surface area contributed by atoms with Crippen molar-refractivity contribution < 1.29 is 22.7 Å². The van der Waals surface area contributed by atoms with E-state index in [1.165, 1.54) is 0 Å². The predicted octanol–water partition coefficient (Wildman–Crippen LogP) is 5.35. The van der Waals surface area contributed by atoms with Crippen LogP contribution in [-0.4, -0.2) is 51.3 Å². The molecule has 1 aliphatic carbocycles. The lowest BCUT2D eigenvalue weighted by atomic mass is 10.1. The zero-order valence-electron chi connectivity index (χ0n) is 21.1. The van der Waals surface area contributed by atoms with Crippen LogP contribution in [0.3, 0.4) is 0 Å². The molecule has 6 nitrogen and oxygen atoms in total. The summed E-state index contributed by atoms with van der Waals surface area (Å²) in [5, 5.41) is 4.53. The zero-order chi connectivity index (χ0) is 26.4. The van der Waals surface area contributed by atoms with E-state index in [0.29, 0.717) is 61.1 Å². The monoisotopic (exact) mass is 561 g/mol. The largest absolute Gasteiger partial charge is 0.491 e. The fourth-order valence-corrected chi connectivity index (χ4v) is 6.93. The fraction of sp³-hybridized carbons (Fsp3) is 0.393. The van der Waals surface area contributed by atoms with E-state index < -0.39 is 9.84 Å². The molecule has 1 aliphatic rings. The Morgan fingerprint density at radius 1 is 1.11 bits per heavy atom. The molecule has 0 fully saturated rings. The van der Waals surface area contributed by atoms with Gasteiger partial charge in [0.25, 0.3) is 0 Å². The van der Waals surface area contributed by atoms with Crippen molar-refractivity contribution in [2.75, 3.05) is 26.1 Å². The van der Waals surface area contributed by atoms with Crippen molar-refractivity contribution in [1.82, 2.24) is 4.90 Å². The lowest BCUT2D eigenvalue weighted by molar-refractivity contribution is -0.133. The molecule has 2 aromatic carbocycles. The van der Waals surface area contributed by atoms with E-state index in [9.17, 15) is 13.2 Å². The number of sulfone groups is 1. The molecule has 9 heteroatoms. The minimum absolute atomic E-state index is 0.0119. The Bertz CT molecular complexity index is 1320. The second-order valence-electron chi connectivity index (χ2n) is 9.23. The molecule has 0 spiro atoms. The summed E-state index contributed by atoms with van der Waals surface area (Å²) < 4.78 is 36.4. The molecular formula is C28H32ClNO5S2. The number of ether oxygens (including phenoxy) is 2. The maximum absolute atomic E-state index is 13.7. The van der Waals surface area contributed by atoms with Gasteiger partial charge in [0.2, 0.25) is 5.91 Å². The van der Waals surface area contributed by atoms with E-state index in [1.54, 1.807) is 36.6 Å². The molecule has 1 atom stereocenters. The van der Waals surface area contributed by atoms with Gasteiger partial charge in [-0.1, -0.05) is 24.6 Å². The molecule has 0 radical (unpaired) electrons. The summed E-state index contributed by atoms with van der Waals surface area (Å²) in [4.78, 5) is 15.9. The first-order valence-corrected chi connectivity index (χ1v) is 15.3. The van der Waals surface area contributed by atoms with E-state index in [1.807, 2.05) is 46.8 Å². The molecule has 1 unspecified atom stereocenters. The summed E-state index contributed by atoms with van der Waals surface area (Å²) in [6, 6.07) is 12.7. The van der Waals surface area contributed by atoms with Gasteiger partial charge in [0.05, 0.1) is 23.7 Å². The Hall–Kier alpha value is -2.39. The van der Waals surface area contributed by atoms with Crippen LogP contribution in [0.2, 0.25) is 5.02 Å². The Kier molecular flexibility index (Phi) is 9.29. The average Bonchev–Trinajstić information content (AvgIpc) is 3.53. The summed E-state index contributed by atoms with van der Waals surface area (Å²) in [6.07, 6.45) is 2.13. The van der Waals surface area contributed by atoms with Gasteiger partial charge < -0.3 is 14.4 Å². The molecule has 0 aliphatic heterocycles. The molecule has 37 heavy (non-hydrogen) atoms. The van der Waals surface area contributed by atoms with Gasteiger partial charge in [-0.3, -0.25) is 4.79 Å². The van der Waals surface area contributed by atoms with E-state index >= 15 is 0 Å². The van der Waals surface area contributed by atoms with Gasteiger partial charge >= 0.3 is 0 Å². The highest BCUT2D eigenvalue weighted by atomic mass is 35.5. The maximum Gasteiger partial charge on any atom is 0.227 e. The average molecular weight is 562 g/mol. The van der Waals surface area contributed by atoms with Crippen LogP contribution in [0.5, 0.6) is 5.75 Å². The van der Waals surface area contributed by atoms with Crippen molar-refractivity contribution in [3.05, 3.63) is 80.5 Å². The quantitative estimate of drug-likeness (QED) is 0.279. The number of hydrogen-bond acceptors (Lipinski definition) is 6. The second-order valence-corrected chi connectivity index (χ2v) is 12.6. The van der Waals surface area contributed by atoms with Gasteiger partial charge in [0.15, 0.2) is 9.84 Å². The molecule has 0 bridgehead atoms. The van der Waals surface area contributed by atoms with Gasteiger partial charge in [-0.05, 0) is 83.1 Å². The standard InChI is InChI=1S/C28H32ClNO5S2/c1-3-12-37(32,33)26-6-4-21-15-25(16-22(21)17-26)30(28(31)13-20-8-11-36-19-20)18-23-14-24(29)5-7-27(23)35-10-9-34-2/h4-8,11,14,17,19,25H,3,9-10,12-13,15-16,18H2,1-2H3. The minimum atomic E-state index is -3.31. The molecule has 0 N–H and O–H groups in total.